The number of aromatic nitrogens is 2. The minimum atomic E-state index is -0.348. The zero-order chi connectivity index (χ0) is 21.6. The van der Waals surface area contributed by atoms with Crippen LogP contribution in [0.5, 0.6) is 0 Å². The van der Waals surface area contributed by atoms with Crippen LogP contribution in [-0.2, 0) is 11.2 Å². The lowest BCUT2D eigenvalue weighted by Crippen LogP contribution is -2.13. The molecule has 7 nitrogen and oxygen atoms in total. The van der Waals surface area contributed by atoms with Crippen molar-refractivity contribution in [3.63, 3.8) is 0 Å². The van der Waals surface area contributed by atoms with Crippen molar-refractivity contribution in [1.82, 2.24) is 10.1 Å². The number of carbonyl (C=O) groups is 2. The number of anilines is 2. The Balaban J connectivity index is 1.31. The van der Waals surface area contributed by atoms with Crippen molar-refractivity contribution in [2.75, 3.05) is 10.6 Å². The quantitative estimate of drug-likeness (QED) is 0.435. The van der Waals surface area contributed by atoms with Gasteiger partial charge in [-0.15, -0.1) is 11.3 Å². The van der Waals surface area contributed by atoms with Gasteiger partial charge in [-0.2, -0.15) is 4.98 Å². The van der Waals surface area contributed by atoms with Crippen molar-refractivity contribution in [2.24, 2.45) is 0 Å². The number of aryl methyl sites for hydroxylation is 1. The third kappa shape index (κ3) is 5.40. The van der Waals surface area contributed by atoms with Crippen LogP contribution < -0.4 is 10.6 Å². The fourth-order valence-electron chi connectivity index (χ4n) is 2.79. The molecule has 2 N–H and O–H groups in total. The average molecular weight is 436 g/mol. The van der Waals surface area contributed by atoms with E-state index in [1.807, 2.05) is 11.4 Å². The van der Waals surface area contributed by atoms with Crippen LogP contribution in [0, 0.1) is 5.82 Å². The van der Waals surface area contributed by atoms with E-state index in [-0.39, 0.29) is 30.5 Å². The third-order valence-corrected chi connectivity index (χ3v) is 5.15. The first-order valence-electron chi connectivity index (χ1n) is 9.40. The first-order chi connectivity index (χ1) is 15.1. The molecule has 0 aliphatic carbocycles. The van der Waals surface area contributed by atoms with Gasteiger partial charge in [0.15, 0.2) is 0 Å². The van der Waals surface area contributed by atoms with Crippen molar-refractivity contribution in [2.45, 2.75) is 12.8 Å². The van der Waals surface area contributed by atoms with Crippen LogP contribution in [0.2, 0.25) is 0 Å². The second-order valence-electron chi connectivity index (χ2n) is 6.58. The number of nitrogens with zero attached hydrogens (tertiary/aromatic N) is 2. The van der Waals surface area contributed by atoms with Crippen LogP contribution in [0.15, 0.2) is 70.6 Å². The van der Waals surface area contributed by atoms with Crippen molar-refractivity contribution < 1.29 is 18.5 Å². The Bertz CT molecular complexity index is 1190. The van der Waals surface area contributed by atoms with Crippen molar-refractivity contribution in [3.8, 4) is 11.4 Å². The Morgan fingerprint density at radius 1 is 1.00 bits per heavy atom. The number of hydrogen-bond acceptors (Lipinski definition) is 6. The van der Waals surface area contributed by atoms with E-state index in [9.17, 15) is 14.0 Å². The zero-order valence-corrected chi connectivity index (χ0v) is 17.0. The van der Waals surface area contributed by atoms with Gasteiger partial charge in [0.05, 0.1) is 4.88 Å². The summed E-state index contributed by atoms with van der Waals surface area (Å²) in [5.74, 6) is -0.134. The van der Waals surface area contributed by atoms with E-state index in [0.29, 0.717) is 33.5 Å². The molecule has 0 fully saturated rings. The SMILES string of the molecule is O=C(CCc1nc(-c2ccc(F)cc2)no1)Nc1cccc(NC(=O)c2cccs2)c1. The van der Waals surface area contributed by atoms with Gasteiger partial charge in [0.25, 0.3) is 5.91 Å². The molecule has 0 spiro atoms. The van der Waals surface area contributed by atoms with Crippen molar-refractivity contribution >= 4 is 34.5 Å². The van der Waals surface area contributed by atoms with Gasteiger partial charge in [0, 0.05) is 29.8 Å². The van der Waals surface area contributed by atoms with E-state index >= 15 is 0 Å². The second-order valence-corrected chi connectivity index (χ2v) is 7.53. The van der Waals surface area contributed by atoms with Crippen LogP contribution >= 0.6 is 11.3 Å². The Morgan fingerprint density at radius 2 is 1.77 bits per heavy atom. The molecule has 0 bridgehead atoms. The molecule has 0 atom stereocenters. The number of hydrogen-bond donors (Lipinski definition) is 2. The smallest absolute Gasteiger partial charge is 0.265 e. The Kier molecular flexibility index (Phi) is 6.13. The molecule has 4 rings (SSSR count). The van der Waals surface area contributed by atoms with E-state index < -0.39 is 0 Å². The van der Waals surface area contributed by atoms with Crippen LogP contribution in [0.1, 0.15) is 22.0 Å². The minimum Gasteiger partial charge on any atom is -0.339 e. The van der Waals surface area contributed by atoms with E-state index in [4.69, 9.17) is 4.52 Å². The topological polar surface area (TPSA) is 97.1 Å². The molecule has 156 valence electrons. The summed E-state index contributed by atoms with van der Waals surface area (Å²) in [6, 6.07) is 16.2. The van der Waals surface area contributed by atoms with E-state index in [1.54, 1.807) is 42.5 Å². The second kappa shape index (κ2) is 9.31. The van der Waals surface area contributed by atoms with Gasteiger partial charge >= 0.3 is 0 Å². The molecule has 4 aromatic rings. The predicted molar refractivity (Wildman–Crippen MR) is 115 cm³/mol. The first-order valence-corrected chi connectivity index (χ1v) is 10.3. The highest BCUT2D eigenvalue weighted by Gasteiger charge is 2.12. The van der Waals surface area contributed by atoms with Gasteiger partial charge in [-0.3, -0.25) is 9.59 Å². The summed E-state index contributed by atoms with van der Waals surface area (Å²) < 4.78 is 18.2. The highest BCUT2D eigenvalue weighted by molar-refractivity contribution is 7.12. The highest BCUT2D eigenvalue weighted by atomic mass is 32.1. The van der Waals surface area contributed by atoms with Gasteiger partial charge in [-0.1, -0.05) is 17.3 Å². The maximum absolute atomic E-state index is 13.0. The van der Waals surface area contributed by atoms with Crippen LogP contribution in [0.3, 0.4) is 0 Å². The summed E-state index contributed by atoms with van der Waals surface area (Å²) in [6.45, 7) is 0. The van der Waals surface area contributed by atoms with Gasteiger partial charge < -0.3 is 15.2 Å². The lowest BCUT2D eigenvalue weighted by Gasteiger charge is -2.08. The van der Waals surface area contributed by atoms with E-state index in [0.717, 1.165) is 0 Å². The molecule has 2 aromatic heterocycles. The summed E-state index contributed by atoms with van der Waals surface area (Å²) in [7, 11) is 0. The fourth-order valence-corrected chi connectivity index (χ4v) is 3.41. The largest absolute Gasteiger partial charge is 0.339 e. The van der Waals surface area contributed by atoms with Gasteiger partial charge in [0.2, 0.25) is 17.6 Å². The van der Waals surface area contributed by atoms with E-state index in [2.05, 4.69) is 20.8 Å². The molecular weight excluding hydrogens is 419 g/mol. The lowest BCUT2D eigenvalue weighted by molar-refractivity contribution is -0.116. The first kappa shape index (κ1) is 20.4. The Labute approximate surface area is 180 Å². The number of thiophene rings is 1. The number of carbonyl (C=O) groups excluding carboxylic acids is 2. The molecule has 0 radical (unpaired) electrons. The molecule has 0 aliphatic rings. The predicted octanol–water partition coefficient (Wildman–Crippen LogP) is 4.76. The summed E-state index contributed by atoms with van der Waals surface area (Å²) in [4.78, 5) is 29.3. The molecule has 2 aromatic carbocycles. The minimum absolute atomic E-state index is 0.136. The molecule has 2 amide bonds. The molecular formula is C22H17FN4O3S. The molecule has 2 heterocycles. The highest BCUT2D eigenvalue weighted by Crippen LogP contribution is 2.19. The van der Waals surface area contributed by atoms with E-state index in [1.165, 1.54) is 23.5 Å². The molecule has 0 aliphatic heterocycles. The van der Waals surface area contributed by atoms with Crippen molar-refractivity contribution in [1.29, 1.82) is 0 Å². The molecule has 0 unspecified atom stereocenters. The van der Waals surface area contributed by atoms with Gasteiger partial charge in [0.1, 0.15) is 5.82 Å². The molecule has 0 saturated carbocycles. The molecule has 31 heavy (non-hydrogen) atoms. The Hall–Kier alpha value is -3.85. The average Bonchev–Trinajstić information content (AvgIpc) is 3.46. The van der Waals surface area contributed by atoms with Gasteiger partial charge in [-0.25, -0.2) is 4.39 Å². The molecule has 9 heteroatoms. The zero-order valence-electron chi connectivity index (χ0n) is 16.2. The maximum atomic E-state index is 13.0. The fraction of sp³-hybridized carbons (Fsp3) is 0.0909. The van der Waals surface area contributed by atoms with Crippen LogP contribution in [-0.4, -0.2) is 22.0 Å². The number of halogens is 1. The summed E-state index contributed by atoms with van der Waals surface area (Å²) in [5.41, 5.74) is 1.77. The number of amides is 2. The number of rotatable bonds is 7. The van der Waals surface area contributed by atoms with Crippen molar-refractivity contribution in [3.05, 3.63) is 82.6 Å². The lowest BCUT2D eigenvalue weighted by atomic mass is 10.2. The van der Waals surface area contributed by atoms with Crippen LogP contribution in [0.25, 0.3) is 11.4 Å². The summed E-state index contributed by atoms with van der Waals surface area (Å²) in [5, 5.41) is 11.3. The summed E-state index contributed by atoms with van der Waals surface area (Å²) in [6.07, 6.45) is 0.395. The number of benzene rings is 2. The molecule has 0 saturated heterocycles. The normalized spacial score (nSPS) is 10.6. The monoisotopic (exact) mass is 436 g/mol. The third-order valence-electron chi connectivity index (χ3n) is 4.29. The standard InChI is InChI=1S/C22H17FN4O3S/c23-15-8-6-14(7-9-15)21-26-20(30-27-21)11-10-19(28)24-16-3-1-4-17(13-16)25-22(29)18-5-2-12-31-18/h1-9,12-13H,10-11H2,(H,24,28)(H,25,29). The number of nitrogens with one attached hydrogen (secondary N) is 2. The Morgan fingerprint density at radius 3 is 2.52 bits per heavy atom. The summed E-state index contributed by atoms with van der Waals surface area (Å²) >= 11 is 1.35. The maximum Gasteiger partial charge on any atom is 0.265 e. The van der Waals surface area contributed by atoms with Gasteiger partial charge in [-0.05, 0) is 53.9 Å². The van der Waals surface area contributed by atoms with Crippen LogP contribution in [0.4, 0.5) is 15.8 Å².